The van der Waals surface area contributed by atoms with Crippen LogP contribution in [0, 0.1) is 0 Å². The standard InChI is InChI=1S/C26H23N7O2/c1-14(2)26(35)30-18-10-8-17(9-11-18)23-21(22-24(27)28-13-29-25(22)33(23)3)16-6-4-15(5-7-16)19-12-20(34)32-31-19/h4-13H,1H2,2-3H3,(H,30,35)(H2,27,28,29)(H2,31,32,34). The zero-order valence-corrected chi connectivity index (χ0v) is 19.2. The van der Waals surface area contributed by atoms with Gasteiger partial charge in [-0.2, -0.15) is 0 Å². The molecular weight excluding hydrogens is 442 g/mol. The number of nitrogen functional groups attached to an aromatic ring is 1. The molecule has 9 nitrogen and oxygen atoms in total. The maximum Gasteiger partial charge on any atom is 0.264 e. The third kappa shape index (κ3) is 3.89. The average molecular weight is 466 g/mol. The van der Waals surface area contributed by atoms with Crippen molar-refractivity contribution in [1.82, 2.24) is 24.7 Å². The summed E-state index contributed by atoms with van der Waals surface area (Å²) in [6.07, 6.45) is 1.45. The van der Waals surface area contributed by atoms with Gasteiger partial charge < -0.3 is 15.6 Å². The van der Waals surface area contributed by atoms with Crippen LogP contribution in [0.1, 0.15) is 6.92 Å². The lowest BCUT2D eigenvalue weighted by Gasteiger charge is -2.11. The second kappa shape index (κ2) is 8.45. The normalized spacial score (nSPS) is 11.0. The van der Waals surface area contributed by atoms with Gasteiger partial charge in [-0.25, -0.2) is 9.97 Å². The highest BCUT2D eigenvalue weighted by Gasteiger charge is 2.22. The fourth-order valence-electron chi connectivity index (χ4n) is 4.15. The van der Waals surface area contributed by atoms with E-state index in [1.54, 1.807) is 6.92 Å². The van der Waals surface area contributed by atoms with Crippen molar-refractivity contribution in [3.05, 3.63) is 83.4 Å². The number of nitrogens with two attached hydrogens (primary N) is 1. The van der Waals surface area contributed by atoms with E-state index >= 15 is 0 Å². The lowest BCUT2D eigenvalue weighted by molar-refractivity contribution is -0.112. The van der Waals surface area contributed by atoms with E-state index in [-0.39, 0.29) is 11.5 Å². The van der Waals surface area contributed by atoms with Gasteiger partial charge in [0.1, 0.15) is 17.8 Å². The predicted molar refractivity (Wildman–Crippen MR) is 138 cm³/mol. The molecule has 0 unspecified atom stereocenters. The summed E-state index contributed by atoms with van der Waals surface area (Å²) in [5.74, 6) is 0.159. The summed E-state index contributed by atoms with van der Waals surface area (Å²) in [5.41, 5.74) is 13.2. The van der Waals surface area contributed by atoms with Crippen molar-refractivity contribution in [1.29, 1.82) is 0 Å². The number of fused-ring (bicyclic) bond motifs is 1. The van der Waals surface area contributed by atoms with Gasteiger partial charge in [0.2, 0.25) is 0 Å². The molecule has 5 rings (SSSR count). The zero-order chi connectivity index (χ0) is 24.7. The molecule has 174 valence electrons. The van der Waals surface area contributed by atoms with Crippen LogP contribution >= 0.6 is 0 Å². The first-order chi connectivity index (χ1) is 16.8. The number of H-pyrrole nitrogens is 2. The van der Waals surface area contributed by atoms with E-state index in [0.29, 0.717) is 28.4 Å². The van der Waals surface area contributed by atoms with Gasteiger partial charge in [-0.05, 0) is 35.7 Å². The molecule has 0 atom stereocenters. The molecule has 0 fully saturated rings. The van der Waals surface area contributed by atoms with Gasteiger partial charge in [0.15, 0.2) is 0 Å². The van der Waals surface area contributed by atoms with Crippen LogP contribution in [0.25, 0.3) is 44.7 Å². The molecule has 5 aromatic rings. The topological polar surface area (TPSA) is 134 Å². The van der Waals surface area contributed by atoms with Gasteiger partial charge >= 0.3 is 0 Å². The lowest BCUT2D eigenvalue weighted by Crippen LogP contribution is -2.11. The molecule has 0 bridgehead atoms. The maximum absolute atomic E-state index is 12.0. The molecule has 5 N–H and O–H groups in total. The number of amides is 1. The summed E-state index contributed by atoms with van der Waals surface area (Å²) < 4.78 is 1.99. The van der Waals surface area contributed by atoms with Gasteiger partial charge in [0.25, 0.3) is 11.5 Å². The van der Waals surface area contributed by atoms with E-state index in [2.05, 4.69) is 32.1 Å². The Hall–Kier alpha value is -4.92. The first-order valence-electron chi connectivity index (χ1n) is 10.9. The van der Waals surface area contributed by atoms with Crippen LogP contribution in [0.3, 0.4) is 0 Å². The van der Waals surface area contributed by atoms with Crippen molar-refractivity contribution in [3.63, 3.8) is 0 Å². The first kappa shape index (κ1) is 21.9. The Morgan fingerprint density at radius 2 is 1.66 bits per heavy atom. The van der Waals surface area contributed by atoms with E-state index in [1.165, 1.54) is 12.4 Å². The quantitative estimate of drug-likeness (QED) is 0.290. The summed E-state index contributed by atoms with van der Waals surface area (Å²) in [5, 5.41) is 9.00. The number of hydrogen-bond donors (Lipinski definition) is 4. The molecule has 0 saturated carbocycles. The number of aryl methyl sites for hydroxylation is 1. The molecule has 35 heavy (non-hydrogen) atoms. The second-order valence-corrected chi connectivity index (χ2v) is 8.30. The Balaban J connectivity index is 1.65. The Bertz CT molecular complexity index is 1640. The summed E-state index contributed by atoms with van der Waals surface area (Å²) in [4.78, 5) is 32.2. The summed E-state index contributed by atoms with van der Waals surface area (Å²) in [6.45, 7) is 5.34. The van der Waals surface area contributed by atoms with Crippen molar-refractivity contribution in [2.45, 2.75) is 6.92 Å². The van der Waals surface area contributed by atoms with Crippen molar-refractivity contribution < 1.29 is 4.79 Å². The van der Waals surface area contributed by atoms with Crippen molar-refractivity contribution in [2.75, 3.05) is 11.1 Å². The number of nitrogens with one attached hydrogen (secondary N) is 3. The highest BCUT2D eigenvalue weighted by Crippen LogP contribution is 2.42. The Labute approximate surface area is 200 Å². The van der Waals surface area contributed by atoms with Crippen molar-refractivity contribution in [2.24, 2.45) is 7.05 Å². The molecular formula is C26H23N7O2. The van der Waals surface area contributed by atoms with Crippen LogP contribution in [0.2, 0.25) is 0 Å². The average Bonchev–Trinajstić information content (AvgIpc) is 3.41. The van der Waals surface area contributed by atoms with E-state index in [9.17, 15) is 9.59 Å². The molecule has 3 heterocycles. The SMILES string of the molecule is C=C(C)C(=O)Nc1ccc(-c2c(-c3ccc(-c4cc(=O)[nH][nH]4)cc3)c3c(N)ncnc3n2C)cc1. The van der Waals surface area contributed by atoms with Crippen molar-refractivity contribution in [3.8, 4) is 33.6 Å². The third-order valence-corrected chi connectivity index (χ3v) is 5.88. The van der Waals surface area contributed by atoms with Gasteiger partial charge in [-0.3, -0.25) is 19.8 Å². The zero-order valence-electron chi connectivity index (χ0n) is 19.2. The van der Waals surface area contributed by atoms with Gasteiger partial charge in [0, 0.05) is 29.9 Å². The van der Waals surface area contributed by atoms with Gasteiger partial charge in [-0.15, -0.1) is 0 Å². The minimum atomic E-state index is -0.227. The molecule has 3 aromatic heterocycles. The number of carbonyl (C=O) groups excluding carboxylic acids is 1. The molecule has 0 radical (unpaired) electrons. The van der Waals surface area contributed by atoms with Crippen LogP contribution < -0.4 is 16.6 Å². The fraction of sp³-hybridized carbons (Fsp3) is 0.0769. The molecule has 0 saturated heterocycles. The fourth-order valence-corrected chi connectivity index (χ4v) is 4.15. The monoisotopic (exact) mass is 465 g/mol. The molecule has 0 aliphatic rings. The van der Waals surface area contributed by atoms with Gasteiger partial charge in [-0.1, -0.05) is 43.0 Å². The predicted octanol–water partition coefficient (Wildman–Crippen LogP) is 4.08. The number of aromatic amines is 2. The highest BCUT2D eigenvalue weighted by atomic mass is 16.1. The summed E-state index contributed by atoms with van der Waals surface area (Å²) in [7, 11) is 1.93. The minimum Gasteiger partial charge on any atom is -0.383 e. The highest BCUT2D eigenvalue weighted by molar-refractivity contribution is 6.08. The van der Waals surface area contributed by atoms with Gasteiger partial charge in [0.05, 0.1) is 16.8 Å². The molecule has 2 aromatic carbocycles. The molecule has 9 heteroatoms. The van der Waals surface area contributed by atoms with E-state index in [4.69, 9.17) is 5.73 Å². The maximum atomic E-state index is 12.0. The third-order valence-electron chi connectivity index (χ3n) is 5.88. The second-order valence-electron chi connectivity index (χ2n) is 8.30. The van der Waals surface area contributed by atoms with Crippen molar-refractivity contribution >= 4 is 28.4 Å². The molecule has 0 spiro atoms. The number of anilines is 2. The Kier molecular flexibility index (Phi) is 5.29. The van der Waals surface area contributed by atoms with E-state index in [1.807, 2.05) is 60.1 Å². The summed E-state index contributed by atoms with van der Waals surface area (Å²) in [6, 6.07) is 16.9. The lowest BCUT2D eigenvalue weighted by atomic mass is 9.97. The molecule has 0 aliphatic heterocycles. The Morgan fingerprint density at radius 3 is 2.29 bits per heavy atom. The number of carbonyl (C=O) groups is 1. The number of benzene rings is 2. The largest absolute Gasteiger partial charge is 0.383 e. The molecule has 0 aliphatic carbocycles. The number of aromatic nitrogens is 5. The number of nitrogens with zero attached hydrogens (tertiary/aromatic N) is 3. The first-order valence-corrected chi connectivity index (χ1v) is 10.9. The van der Waals surface area contributed by atoms with Crippen LogP contribution in [0.15, 0.2) is 77.9 Å². The van der Waals surface area contributed by atoms with Crippen LogP contribution in [-0.4, -0.2) is 30.6 Å². The van der Waals surface area contributed by atoms with Crippen LogP contribution in [0.4, 0.5) is 11.5 Å². The Morgan fingerprint density at radius 1 is 1.00 bits per heavy atom. The van der Waals surface area contributed by atoms with E-state index < -0.39 is 0 Å². The smallest absolute Gasteiger partial charge is 0.264 e. The van der Waals surface area contributed by atoms with Crippen LogP contribution in [-0.2, 0) is 11.8 Å². The summed E-state index contributed by atoms with van der Waals surface area (Å²) >= 11 is 0. The molecule has 1 amide bonds. The van der Waals surface area contributed by atoms with E-state index in [0.717, 1.165) is 33.3 Å². The van der Waals surface area contributed by atoms with Crippen LogP contribution in [0.5, 0.6) is 0 Å². The number of rotatable bonds is 5. The number of hydrogen-bond acceptors (Lipinski definition) is 5. The minimum absolute atomic E-state index is 0.187.